The summed E-state index contributed by atoms with van der Waals surface area (Å²) >= 11 is 0. The largest absolute Gasteiger partial charge is 0.326 e. The van der Waals surface area contributed by atoms with Crippen LogP contribution in [0.25, 0.3) is 0 Å². The van der Waals surface area contributed by atoms with E-state index >= 15 is 0 Å². The molecule has 4 fully saturated rings. The summed E-state index contributed by atoms with van der Waals surface area (Å²) < 4.78 is 26.0. The van der Waals surface area contributed by atoms with Crippen LogP contribution in [0.5, 0.6) is 0 Å². The Morgan fingerprint density at radius 1 is 1.00 bits per heavy atom. The quantitative estimate of drug-likeness (QED) is 0.844. The van der Waals surface area contributed by atoms with E-state index < -0.39 is 10.0 Å². The van der Waals surface area contributed by atoms with Crippen LogP contribution in [-0.2, 0) is 14.8 Å². The lowest BCUT2D eigenvalue weighted by molar-refractivity contribution is -0.165. The van der Waals surface area contributed by atoms with Crippen molar-refractivity contribution in [2.24, 2.45) is 22.2 Å². The maximum Gasteiger partial charge on any atom is 0.240 e. The average Bonchev–Trinajstić information content (AvgIpc) is 2.52. The molecule has 6 heteroatoms. The highest BCUT2D eigenvalue weighted by Crippen LogP contribution is 2.69. The Morgan fingerprint density at radius 3 is 2.08 bits per heavy atom. The van der Waals surface area contributed by atoms with E-state index in [0.717, 1.165) is 19.3 Å². The predicted molar refractivity (Wildman–Crippen MR) is 101 cm³/mol. The normalized spacial score (nSPS) is 38.3. The van der Waals surface area contributed by atoms with Gasteiger partial charge in [-0.15, -0.1) is 0 Å². The van der Waals surface area contributed by atoms with Gasteiger partial charge in [-0.1, -0.05) is 13.8 Å². The Balaban J connectivity index is 1.55. The van der Waals surface area contributed by atoms with Crippen LogP contribution in [0.4, 0.5) is 5.69 Å². The van der Waals surface area contributed by atoms with Gasteiger partial charge in [0.2, 0.25) is 15.9 Å². The monoisotopic (exact) mass is 376 g/mol. The van der Waals surface area contributed by atoms with Gasteiger partial charge in [0, 0.05) is 5.69 Å². The Kier molecular flexibility index (Phi) is 3.84. The van der Waals surface area contributed by atoms with Crippen molar-refractivity contribution in [3.63, 3.8) is 0 Å². The van der Waals surface area contributed by atoms with E-state index in [1.54, 1.807) is 12.1 Å². The molecule has 4 aliphatic carbocycles. The third-order valence-corrected chi connectivity index (χ3v) is 8.23. The first-order chi connectivity index (χ1) is 12.1. The minimum absolute atomic E-state index is 0.114. The lowest BCUT2D eigenvalue weighted by Crippen LogP contribution is -2.58. The number of hydrogen-bond acceptors (Lipinski definition) is 3. The number of benzene rings is 1. The summed E-state index contributed by atoms with van der Waals surface area (Å²) in [4.78, 5) is 13.4. The van der Waals surface area contributed by atoms with Crippen LogP contribution in [0.15, 0.2) is 29.2 Å². The molecule has 2 atom stereocenters. The molecule has 2 unspecified atom stereocenters. The maximum atomic E-state index is 13.2. The van der Waals surface area contributed by atoms with Crippen LogP contribution in [0.3, 0.4) is 0 Å². The van der Waals surface area contributed by atoms with Crippen molar-refractivity contribution < 1.29 is 13.2 Å². The minimum atomic E-state index is -3.46. The summed E-state index contributed by atoms with van der Waals surface area (Å²) in [6.07, 6.45) is 6.70. The number of anilines is 1. The zero-order valence-electron chi connectivity index (χ0n) is 15.8. The lowest BCUT2D eigenvalue weighted by Gasteiger charge is -2.64. The predicted octanol–water partition coefficient (Wildman–Crippen LogP) is 3.53. The van der Waals surface area contributed by atoms with Crippen molar-refractivity contribution in [1.29, 1.82) is 0 Å². The van der Waals surface area contributed by atoms with Crippen molar-refractivity contribution in [3.8, 4) is 0 Å². The number of carbonyl (C=O) groups is 1. The molecular formula is C20H28N2O3S. The van der Waals surface area contributed by atoms with E-state index in [9.17, 15) is 13.2 Å². The molecule has 1 aromatic carbocycles. The highest BCUT2D eigenvalue weighted by Gasteiger charge is 2.62. The van der Waals surface area contributed by atoms with Gasteiger partial charge >= 0.3 is 0 Å². The van der Waals surface area contributed by atoms with E-state index in [4.69, 9.17) is 0 Å². The van der Waals surface area contributed by atoms with Crippen LogP contribution < -0.4 is 10.0 Å². The summed E-state index contributed by atoms with van der Waals surface area (Å²) in [5.41, 5.74) is 0.974. The molecule has 142 valence electrons. The van der Waals surface area contributed by atoms with Gasteiger partial charge in [-0.05, 0) is 86.6 Å². The Hall–Kier alpha value is -1.40. The van der Waals surface area contributed by atoms with Crippen molar-refractivity contribution >= 4 is 21.6 Å². The van der Waals surface area contributed by atoms with Crippen LogP contribution in [-0.4, -0.2) is 21.4 Å². The second-order valence-corrected chi connectivity index (χ2v) is 11.5. The molecule has 1 aromatic rings. The molecule has 1 amide bonds. The molecule has 26 heavy (non-hydrogen) atoms. The molecule has 5 rings (SSSR count). The van der Waals surface area contributed by atoms with Crippen LogP contribution >= 0.6 is 0 Å². The molecule has 0 aromatic heterocycles. The van der Waals surface area contributed by atoms with E-state index in [2.05, 4.69) is 23.9 Å². The molecule has 4 saturated carbocycles. The second-order valence-electron chi connectivity index (χ2n) is 9.60. The summed E-state index contributed by atoms with van der Waals surface area (Å²) in [7, 11) is -2.07. The standard InChI is InChI=1S/C20H28N2O3S/c1-18-8-14-9-19(2,11-18)13-20(10-14,12-18)17(23)22-15-4-6-16(7-5-15)26(24,25)21-3/h4-7,14,21H,8-13H2,1-3H3,(H,22,23). The first-order valence-electron chi connectivity index (χ1n) is 9.42. The average molecular weight is 377 g/mol. The number of amides is 1. The number of nitrogens with one attached hydrogen (secondary N) is 2. The third-order valence-electron chi connectivity index (χ3n) is 6.80. The zero-order valence-corrected chi connectivity index (χ0v) is 16.6. The number of carbonyl (C=O) groups excluding carboxylic acids is 1. The summed E-state index contributed by atoms with van der Waals surface area (Å²) in [6.45, 7) is 4.71. The van der Waals surface area contributed by atoms with E-state index in [-0.39, 0.29) is 27.0 Å². The summed E-state index contributed by atoms with van der Waals surface area (Å²) in [5, 5.41) is 3.08. The SMILES string of the molecule is CNS(=O)(=O)c1ccc(NC(=O)C23CC4CC(C)(CC(C)(C4)C2)C3)cc1. The highest BCUT2D eigenvalue weighted by molar-refractivity contribution is 7.89. The van der Waals surface area contributed by atoms with Gasteiger partial charge in [-0.2, -0.15) is 0 Å². The van der Waals surface area contributed by atoms with Gasteiger partial charge in [0.05, 0.1) is 10.3 Å². The third kappa shape index (κ3) is 2.87. The molecule has 4 bridgehead atoms. The van der Waals surface area contributed by atoms with Crippen molar-refractivity contribution in [3.05, 3.63) is 24.3 Å². The van der Waals surface area contributed by atoms with Gasteiger partial charge < -0.3 is 5.32 Å². The summed E-state index contributed by atoms with van der Waals surface area (Å²) in [5.74, 6) is 0.776. The van der Waals surface area contributed by atoms with E-state index in [0.29, 0.717) is 11.6 Å². The van der Waals surface area contributed by atoms with Gasteiger partial charge in [0.1, 0.15) is 0 Å². The molecule has 0 heterocycles. The Morgan fingerprint density at radius 2 is 1.58 bits per heavy atom. The van der Waals surface area contributed by atoms with Crippen molar-refractivity contribution in [2.75, 3.05) is 12.4 Å². The number of rotatable bonds is 4. The van der Waals surface area contributed by atoms with Crippen molar-refractivity contribution in [1.82, 2.24) is 4.72 Å². The molecule has 2 N–H and O–H groups in total. The van der Waals surface area contributed by atoms with Gasteiger partial charge in [0.15, 0.2) is 0 Å². The second kappa shape index (κ2) is 5.55. The van der Waals surface area contributed by atoms with Crippen molar-refractivity contribution in [2.45, 2.75) is 57.3 Å². The van der Waals surface area contributed by atoms with Gasteiger partial charge in [-0.25, -0.2) is 13.1 Å². The number of hydrogen-bond donors (Lipinski definition) is 2. The van der Waals surface area contributed by atoms with Gasteiger partial charge in [-0.3, -0.25) is 4.79 Å². The molecule has 0 saturated heterocycles. The summed E-state index contributed by atoms with van der Waals surface area (Å²) in [6, 6.07) is 6.41. The number of sulfonamides is 1. The fourth-order valence-corrected chi connectivity index (χ4v) is 7.53. The molecular weight excluding hydrogens is 348 g/mol. The smallest absolute Gasteiger partial charge is 0.240 e. The van der Waals surface area contributed by atoms with Crippen LogP contribution in [0.2, 0.25) is 0 Å². The minimum Gasteiger partial charge on any atom is -0.326 e. The fraction of sp³-hybridized carbons (Fsp3) is 0.650. The zero-order chi connectivity index (χ0) is 18.8. The first-order valence-corrected chi connectivity index (χ1v) is 10.9. The molecule has 5 nitrogen and oxygen atoms in total. The Bertz CT molecular complexity index is 828. The molecule has 0 radical (unpaired) electrons. The molecule has 4 aliphatic rings. The van der Waals surface area contributed by atoms with Crippen LogP contribution in [0.1, 0.15) is 52.4 Å². The molecule has 0 aliphatic heterocycles. The lowest BCUT2D eigenvalue weighted by atomic mass is 9.40. The van der Waals surface area contributed by atoms with Gasteiger partial charge in [0.25, 0.3) is 0 Å². The topological polar surface area (TPSA) is 75.3 Å². The first kappa shape index (κ1) is 18.0. The van der Waals surface area contributed by atoms with E-state index in [1.165, 1.54) is 38.4 Å². The van der Waals surface area contributed by atoms with E-state index in [1.807, 2.05) is 0 Å². The molecule has 0 spiro atoms. The maximum absolute atomic E-state index is 13.2. The Labute approximate surface area is 156 Å². The highest BCUT2D eigenvalue weighted by atomic mass is 32.2. The van der Waals surface area contributed by atoms with Crippen LogP contribution in [0, 0.1) is 22.2 Å². The fourth-order valence-electron chi connectivity index (χ4n) is 6.80.